The highest BCUT2D eigenvalue weighted by Crippen LogP contribution is 2.27. The monoisotopic (exact) mass is 296 g/mol. The van der Waals surface area contributed by atoms with Crippen molar-refractivity contribution in [2.45, 2.75) is 51.7 Å². The van der Waals surface area contributed by atoms with Crippen LogP contribution >= 0.6 is 0 Å². The number of rotatable bonds is 7. The zero-order valence-corrected chi connectivity index (χ0v) is 13.4. The molecule has 0 saturated carbocycles. The Morgan fingerprint density at radius 3 is 2.10 bits per heavy atom. The van der Waals surface area contributed by atoms with Crippen molar-refractivity contribution >= 4 is 19.2 Å². The Morgan fingerprint density at radius 2 is 1.65 bits per heavy atom. The summed E-state index contributed by atoms with van der Waals surface area (Å²) < 4.78 is 0. The van der Waals surface area contributed by atoms with Gasteiger partial charge in [-0.05, 0) is 12.1 Å². The molecule has 0 heterocycles. The maximum atomic E-state index is 10.9. The Labute approximate surface area is 121 Å². The predicted molar refractivity (Wildman–Crippen MR) is 82.8 cm³/mol. The summed E-state index contributed by atoms with van der Waals surface area (Å²) in [5, 5.41) is 29.6. The summed E-state index contributed by atoms with van der Waals surface area (Å²) in [6.07, 6.45) is 4.60. The molecule has 0 spiro atoms. The van der Waals surface area contributed by atoms with Crippen LogP contribution in [0.5, 0.6) is 11.5 Å². The van der Waals surface area contributed by atoms with Gasteiger partial charge in [0, 0.05) is 5.19 Å². The molecule has 0 aromatic heterocycles. The molecule has 1 rings (SSSR count). The first-order valence-electron chi connectivity index (χ1n) is 7.09. The average molecular weight is 296 g/mol. The minimum atomic E-state index is -1.97. The van der Waals surface area contributed by atoms with Gasteiger partial charge in [-0.25, -0.2) is 4.79 Å². The Morgan fingerprint density at radius 1 is 1.10 bits per heavy atom. The van der Waals surface area contributed by atoms with E-state index in [0.29, 0.717) is 5.19 Å². The van der Waals surface area contributed by atoms with Gasteiger partial charge in [0.05, 0.1) is 13.6 Å². The summed E-state index contributed by atoms with van der Waals surface area (Å²) in [7, 11) is -1.97. The number of phenols is 2. The molecule has 112 valence electrons. The summed E-state index contributed by atoms with van der Waals surface area (Å²) in [5.74, 6) is -1.33. The number of aromatic carboxylic acids is 1. The fraction of sp³-hybridized carbons (Fsp3) is 0.533. The van der Waals surface area contributed by atoms with E-state index < -0.39 is 14.0 Å². The number of benzene rings is 1. The highest BCUT2D eigenvalue weighted by molar-refractivity contribution is 6.91. The minimum Gasteiger partial charge on any atom is -0.508 e. The summed E-state index contributed by atoms with van der Waals surface area (Å²) in [6.45, 7) is 6.34. The van der Waals surface area contributed by atoms with Gasteiger partial charge in [-0.1, -0.05) is 51.7 Å². The van der Waals surface area contributed by atoms with Crippen LogP contribution in [0.2, 0.25) is 19.1 Å². The van der Waals surface area contributed by atoms with Gasteiger partial charge >= 0.3 is 5.97 Å². The SMILES string of the molecule is CCCCCC[Si](C)(C)c1c(O)cc(C(=O)O)cc1O. The van der Waals surface area contributed by atoms with Gasteiger partial charge < -0.3 is 15.3 Å². The average Bonchev–Trinajstić information content (AvgIpc) is 2.33. The van der Waals surface area contributed by atoms with Crippen LogP contribution in [0, 0.1) is 0 Å². The van der Waals surface area contributed by atoms with E-state index in [9.17, 15) is 15.0 Å². The molecule has 0 unspecified atom stereocenters. The molecule has 20 heavy (non-hydrogen) atoms. The second-order valence-electron chi connectivity index (χ2n) is 5.89. The number of hydrogen-bond acceptors (Lipinski definition) is 3. The number of unbranched alkanes of at least 4 members (excludes halogenated alkanes) is 3. The molecule has 0 aliphatic heterocycles. The standard InChI is InChI=1S/C15H24O4Si/c1-4-5-6-7-8-20(2,3)14-12(16)9-11(15(18)19)10-13(14)17/h9-10,16-17H,4-8H2,1-3H3,(H,18,19). The maximum absolute atomic E-state index is 10.9. The molecule has 0 atom stereocenters. The van der Waals surface area contributed by atoms with Gasteiger partial charge in [-0.15, -0.1) is 0 Å². The quantitative estimate of drug-likeness (QED) is 0.533. The van der Waals surface area contributed by atoms with Crippen LogP contribution in [0.4, 0.5) is 0 Å². The first-order valence-corrected chi connectivity index (χ1v) is 10.3. The van der Waals surface area contributed by atoms with Crippen molar-refractivity contribution in [2.75, 3.05) is 0 Å². The molecule has 4 nitrogen and oxygen atoms in total. The number of hydrogen-bond donors (Lipinski definition) is 3. The normalized spacial score (nSPS) is 11.6. The van der Waals surface area contributed by atoms with E-state index in [2.05, 4.69) is 20.0 Å². The fourth-order valence-corrected chi connectivity index (χ4v) is 5.46. The lowest BCUT2D eigenvalue weighted by Gasteiger charge is -2.25. The third-order valence-electron chi connectivity index (χ3n) is 3.68. The van der Waals surface area contributed by atoms with Crippen LogP contribution in [0.15, 0.2) is 12.1 Å². The zero-order valence-electron chi connectivity index (χ0n) is 12.4. The summed E-state index contributed by atoms with van der Waals surface area (Å²) >= 11 is 0. The molecule has 0 radical (unpaired) electrons. The minimum absolute atomic E-state index is 0.0838. The van der Waals surface area contributed by atoms with E-state index in [1.807, 2.05) is 0 Å². The summed E-state index contributed by atoms with van der Waals surface area (Å²) in [6, 6.07) is 3.44. The van der Waals surface area contributed by atoms with Crippen LogP contribution in [-0.2, 0) is 0 Å². The molecule has 0 amide bonds. The second-order valence-corrected chi connectivity index (χ2v) is 10.7. The topological polar surface area (TPSA) is 77.8 Å². The van der Waals surface area contributed by atoms with Gasteiger partial charge in [-0.2, -0.15) is 0 Å². The first-order chi connectivity index (χ1) is 9.29. The van der Waals surface area contributed by atoms with Crippen LogP contribution in [-0.4, -0.2) is 29.4 Å². The van der Waals surface area contributed by atoms with Crippen molar-refractivity contribution in [3.05, 3.63) is 17.7 Å². The van der Waals surface area contributed by atoms with E-state index in [-0.39, 0.29) is 17.1 Å². The highest BCUT2D eigenvalue weighted by atomic mass is 28.3. The van der Waals surface area contributed by atoms with Crippen molar-refractivity contribution < 1.29 is 20.1 Å². The molecule has 0 aliphatic rings. The lowest BCUT2D eigenvalue weighted by molar-refractivity contribution is 0.0696. The largest absolute Gasteiger partial charge is 0.508 e. The Bertz CT molecular complexity index is 460. The van der Waals surface area contributed by atoms with Crippen molar-refractivity contribution in [1.29, 1.82) is 0 Å². The predicted octanol–water partition coefficient (Wildman–Crippen LogP) is 3.29. The number of carboxylic acid groups (broad SMARTS) is 1. The van der Waals surface area contributed by atoms with Gasteiger partial charge in [0.15, 0.2) is 0 Å². The van der Waals surface area contributed by atoms with Crippen LogP contribution in [0.1, 0.15) is 43.0 Å². The second kappa shape index (κ2) is 6.79. The van der Waals surface area contributed by atoms with E-state index in [1.165, 1.54) is 25.0 Å². The Kier molecular flexibility index (Phi) is 5.62. The number of phenolic OH excluding ortho intramolecular Hbond substituents is 2. The lowest BCUT2D eigenvalue weighted by atomic mass is 10.2. The Balaban J connectivity index is 2.97. The Hall–Kier alpha value is -1.49. The van der Waals surface area contributed by atoms with Crippen LogP contribution < -0.4 is 5.19 Å². The van der Waals surface area contributed by atoms with E-state index in [1.54, 1.807) is 0 Å². The molecule has 5 heteroatoms. The van der Waals surface area contributed by atoms with Gasteiger partial charge in [-0.3, -0.25) is 0 Å². The fourth-order valence-electron chi connectivity index (χ4n) is 2.55. The molecule has 3 N–H and O–H groups in total. The summed E-state index contributed by atoms with van der Waals surface area (Å²) in [4.78, 5) is 10.9. The van der Waals surface area contributed by atoms with Gasteiger partial charge in [0.2, 0.25) is 0 Å². The molecular weight excluding hydrogens is 272 g/mol. The third-order valence-corrected chi connectivity index (χ3v) is 7.15. The number of carboxylic acids is 1. The smallest absolute Gasteiger partial charge is 0.335 e. The lowest BCUT2D eigenvalue weighted by Crippen LogP contribution is -2.41. The van der Waals surface area contributed by atoms with E-state index in [0.717, 1.165) is 18.9 Å². The van der Waals surface area contributed by atoms with E-state index in [4.69, 9.17) is 5.11 Å². The highest BCUT2D eigenvalue weighted by Gasteiger charge is 2.30. The molecule has 0 fully saturated rings. The van der Waals surface area contributed by atoms with Gasteiger partial charge in [0.1, 0.15) is 11.5 Å². The van der Waals surface area contributed by atoms with Crippen molar-refractivity contribution in [2.24, 2.45) is 0 Å². The first kappa shape index (κ1) is 16.6. The van der Waals surface area contributed by atoms with E-state index >= 15 is 0 Å². The zero-order chi connectivity index (χ0) is 15.3. The maximum Gasteiger partial charge on any atom is 0.335 e. The number of carbonyl (C=O) groups is 1. The molecule has 0 bridgehead atoms. The molecular formula is C15H24O4Si. The van der Waals surface area contributed by atoms with Crippen molar-refractivity contribution in [3.63, 3.8) is 0 Å². The summed E-state index contributed by atoms with van der Waals surface area (Å²) in [5.41, 5.74) is -0.0838. The van der Waals surface area contributed by atoms with Gasteiger partial charge in [0.25, 0.3) is 0 Å². The van der Waals surface area contributed by atoms with Crippen molar-refractivity contribution in [1.82, 2.24) is 0 Å². The van der Waals surface area contributed by atoms with Crippen LogP contribution in [0.3, 0.4) is 0 Å². The van der Waals surface area contributed by atoms with Crippen molar-refractivity contribution in [3.8, 4) is 11.5 Å². The third kappa shape index (κ3) is 4.00. The molecule has 1 aromatic carbocycles. The number of aromatic hydroxyl groups is 2. The molecule has 0 aliphatic carbocycles. The molecule has 0 saturated heterocycles. The molecule has 1 aromatic rings. The van der Waals surface area contributed by atoms with Crippen LogP contribution in [0.25, 0.3) is 0 Å².